The van der Waals surface area contributed by atoms with Gasteiger partial charge in [-0.1, -0.05) is 13.8 Å². The third-order valence-electron chi connectivity index (χ3n) is 2.16. The summed E-state index contributed by atoms with van der Waals surface area (Å²) in [6, 6.07) is 0. The first-order valence-corrected chi connectivity index (χ1v) is 4.66. The number of hydrogen-bond donors (Lipinski definition) is 0. The summed E-state index contributed by atoms with van der Waals surface area (Å²) in [7, 11) is 0. The number of carbonyl (C=O) groups is 1. The fraction of sp³-hybridized carbons (Fsp3) is 0.700. The molecule has 0 aromatic rings. The van der Waals surface area contributed by atoms with Gasteiger partial charge >= 0.3 is 0 Å². The molecule has 0 aromatic heterocycles. The molecule has 0 atom stereocenters. The molecule has 0 aliphatic carbocycles. The molecular weight excluding hydrogens is 150 g/mol. The van der Waals surface area contributed by atoms with Crippen LogP contribution in [0.2, 0.25) is 0 Å². The zero-order valence-electron chi connectivity index (χ0n) is 7.92. The lowest BCUT2D eigenvalue weighted by atomic mass is 10.1. The smallest absolute Gasteiger partial charge is 0.159 e. The fourth-order valence-corrected chi connectivity index (χ4v) is 1.26. The highest BCUT2D eigenvalue weighted by Crippen LogP contribution is 2.07. The Kier molecular flexibility index (Phi) is 3.32. The Balaban J connectivity index is 2.33. The van der Waals surface area contributed by atoms with E-state index in [1.165, 1.54) is 12.8 Å². The fourth-order valence-electron chi connectivity index (χ4n) is 1.26. The van der Waals surface area contributed by atoms with Crippen molar-refractivity contribution in [2.75, 3.05) is 13.1 Å². The highest BCUT2D eigenvalue weighted by atomic mass is 16.1. The van der Waals surface area contributed by atoms with E-state index in [1.807, 2.05) is 20.0 Å². The maximum absolute atomic E-state index is 11.2. The Hall–Kier alpha value is -0.790. The summed E-state index contributed by atoms with van der Waals surface area (Å²) in [5.41, 5.74) is 0. The van der Waals surface area contributed by atoms with Crippen molar-refractivity contribution in [3.8, 4) is 0 Å². The Bertz CT molecular complexity index is 178. The van der Waals surface area contributed by atoms with Gasteiger partial charge in [0.15, 0.2) is 5.78 Å². The average Bonchev–Trinajstić information content (AvgIpc) is 2.51. The van der Waals surface area contributed by atoms with Crippen LogP contribution < -0.4 is 0 Å². The second-order valence-corrected chi connectivity index (χ2v) is 3.62. The molecule has 68 valence electrons. The zero-order chi connectivity index (χ0) is 8.97. The molecule has 1 rings (SSSR count). The average molecular weight is 167 g/mol. The molecule has 0 radical (unpaired) electrons. The summed E-state index contributed by atoms with van der Waals surface area (Å²) >= 11 is 0. The van der Waals surface area contributed by atoms with Gasteiger partial charge in [-0.15, -0.1) is 0 Å². The zero-order valence-corrected chi connectivity index (χ0v) is 7.92. The van der Waals surface area contributed by atoms with Gasteiger partial charge in [-0.3, -0.25) is 4.79 Å². The van der Waals surface area contributed by atoms with Crippen molar-refractivity contribution in [1.82, 2.24) is 4.90 Å². The molecule has 0 spiro atoms. The van der Waals surface area contributed by atoms with Gasteiger partial charge in [-0.05, 0) is 18.9 Å². The summed E-state index contributed by atoms with van der Waals surface area (Å²) in [5.74, 6) is 0.353. The first-order chi connectivity index (χ1) is 5.70. The van der Waals surface area contributed by atoms with Gasteiger partial charge in [-0.2, -0.15) is 0 Å². The third kappa shape index (κ3) is 2.68. The summed E-state index contributed by atoms with van der Waals surface area (Å²) in [5, 5.41) is 0. The number of nitrogens with zero attached hydrogens (tertiary/aromatic N) is 1. The van der Waals surface area contributed by atoms with E-state index in [1.54, 1.807) is 6.08 Å². The molecule has 1 fully saturated rings. The lowest BCUT2D eigenvalue weighted by Gasteiger charge is -2.09. The molecule has 1 heterocycles. The molecule has 0 unspecified atom stereocenters. The van der Waals surface area contributed by atoms with Crippen molar-refractivity contribution < 1.29 is 4.79 Å². The van der Waals surface area contributed by atoms with Crippen LogP contribution in [-0.4, -0.2) is 23.8 Å². The summed E-state index contributed by atoms with van der Waals surface area (Å²) in [6.07, 6.45) is 6.17. The van der Waals surface area contributed by atoms with Gasteiger partial charge in [0.25, 0.3) is 0 Å². The van der Waals surface area contributed by atoms with Crippen LogP contribution in [0.25, 0.3) is 0 Å². The van der Waals surface area contributed by atoms with Gasteiger partial charge in [0.2, 0.25) is 0 Å². The van der Waals surface area contributed by atoms with Gasteiger partial charge in [0.05, 0.1) is 0 Å². The Morgan fingerprint density at radius 2 is 1.92 bits per heavy atom. The van der Waals surface area contributed by atoms with Crippen molar-refractivity contribution in [2.45, 2.75) is 26.7 Å². The first-order valence-electron chi connectivity index (χ1n) is 4.66. The predicted octanol–water partition coefficient (Wildman–Crippen LogP) is 1.82. The highest BCUT2D eigenvalue weighted by molar-refractivity contribution is 5.91. The molecule has 1 saturated heterocycles. The molecule has 12 heavy (non-hydrogen) atoms. The molecule has 1 aliphatic rings. The van der Waals surface area contributed by atoms with Crippen LogP contribution in [0.5, 0.6) is 0 Å². The number of allylic oxidation sites excluding steroid dienone is 1. The molecule has 2 nitrogen and oxygen atoms in total. The van der Waals surface area contributed by atoms with Gasteiger partial charge in [0.1, 0.15) is 0 Å². The second-order valence-electron chi connectivity index (χ2n) is 3.62. The van der Waals surface area contributed by atoms with Crippen molar-refractivity contribution in [2.24, 2.45) is 5.92 Å². The van der Waals surface area contributed by atoms with Crippen LogP contribution in [0.4, 0.5) is 0 Å². The SMILES string of the molecule is CC(C)C(=O)/C=C/N1CCCC1. The van der Waals surface area contributed by atoms with E-state index in [2.05, 4.69) is 4.90 Å². The summed E-state index contributed by atoms with van der Waals surface area (Å²) in [6.45, 7) is 6.08. The van der Waals surface area contributed by atoms with Gasteiger partial charge in [0, 0.05) is 25.2 Å². The topological polar surface area (TPSA) is 20.3 Å². The lowest BCUT2D eigenvalue weighted by molar-refractivity contribution is -0.117. The van der Waals surface area contributed by atoms with Crippen LogP contribution in [0.15, 0.2) is 12.3 Å². The van der Waals surface area contributed by atoms with Crippen LogP contribution in [0, 0.1) is 5.92 Å². The van der Waals surface area contributed by atoms with E-state index in [0.717, 1.165) is 13.1 Å². The van der Waals surface area contributed by atoms with Crippen LogP contribution in [0.3, 0.4) is 0 Å². The number of carbonyl (C=O) groups excluding carboxylic acids is 1. The van der Waals surface area contributed by atoms with E-state index < -0.39 is 0 Å². The second kappa shape index (κ2) is 4.29. The molecular formula is C10H17NO. The number of rotatable bonds is 3. The Morgan fingerprint density at radius 3 is 2.42 bits per heavy atom. The van der Waals surface area contributed by atoms with Gasteiger partial charge < -0.3 is 4.90 Å². The quantitative estimate of drug-likeness (QED) is 0.598. The van der Waals surface area contributed by atoms with E-state index in [-0.39, 0.29) is 11.7 Å². The minimum atomic E-state index is 0.129. The van der Waals surface area contributed by atoms with E-state index >= 15 is 0 Å². The van der Waals surface area contributed by atoms with E-state index in [4.69, 9.17) is 0 Å². The maximum atomic E-state index is 11.2. The van der Waals surface area contributed by atoms with Crippen molar-refractivity contribution in [3.63, 3.8) is 0 Å². The highest BCUT2D eigenvalue weighted by Gasteiger charge is 2.07. The number of ketones is 1. The first kappa shape index (κ1) is 9.30. The molecule has 0 amide bonds. The van der Waals surface area contributed by atoms with E-state index in [0.29, 0.717) is 0 Å². The van der Waals surface area contributed by atoms with Crippen molar-refractivity contribution in [1.29, 1.82) is 0 Å². The van der Waals surface area contributed by atoms with Crippen molar-refractivity contribution in [3.05, 3.63) is 12.3 Å². The normalized spacial score (nSPS) is 18.1. The largest absolute Gasteiger partial charge is 0.377 e. The minimum absolute atomic E-state index is 0.129. The Morgan fingerprint density at radius 1 is 1.33 bits per heavy atom. The summed E-state index contributed by atoms with van der Waals surface area (Å²) < 4.78 is 0. The maximum Gasteiger partial charge on any atom is 0.159 e. The molecule has 0 bridgehead atoms. The molecule has 1 aliphatic heterocycles. The van der Waals surface area contributed by atoms with E-state index in [9.17, 15) is 4.79 Å². The van der Waals surface area contributed by atoms with Crippen molar-refractivity contribution >= 4 is 5.78 Å². The summed E-state index contributed by atoms with van der Waals surface area (Å²) in [4.78, 5) is 13.4. The number of likely N-dealkylation sites (tertiary alicyclic amines) is 1. The van der Waals surface area contributed by atoms with Gasteiger partial charge in [-0.25, -0.2) is 0 Å². The molecule has 2 heteroatoms. The minimum Gasteiger partial charge on any atom is -0.377 e. The molecule has 0 N–H and O–H groups in total. The van der Waals surface area contributed by atoms with Crippen LogP contribution >= 0.6 is 0 Å². The molecule has 0 aromatic carbocycles. The number of hydrogen-bond acceptors (Lipinski definition) is 2. The van der Waals surface area contributed by atoms with Crippen LogP contribution in [-0.2, 0) is 4.79 Å². The Labute approximate surface area is 74.2 Å². The lowest BCUT2D eigenvalue weighted by Crippen LogP contribution is -2.12. The van der Waals surface area contributed by atoms with Crippen LogP contribution in [0.1, 0.15) is 26.7 Å². The third-order valence-corrected chi connectivity index (χ3v) is 2.16. The molecule has 0 saturated carbocycles. The monoisotopic (exact) mass is 167 g/mol. The standard InChI is InChI=1S/C10H17NO/c1-9(2)10(12)5-8-11-6-3-4-7-11/h5,8-9H,3-4,6-7H2,1-2H3/b8-5+. The predicted molar refractivity (Wildman–Crippen MR) is 49.8 cm³/mol.